The first-order valence-electron chi connectivity index (χ1n) is 5.65. The highest BCUT2D eigenvalue weighted by molar-refractivity contribution is 4.98. The van der Waals surface area contributed by atoms with Crippen molar-refractivity contribution >= 4 is 0 Å². The van der Waals surface area contributed by atoms with Gasteiger partial charge in [0.05, 0.1) is 0 Å². The molecular weight excluding hydrogens is 182 g/mol. The van der Waals surface area contributed by atoms with Gasteiger partial charge in [0.25, 0.3) is 0 Å². The van der Waals surface area contributed by atoms with E-state index in [0.717, 1.165) is 12.8 Å². The lowest BCUT2D eigenvalue weighted by Gasteiger charge is -2.27. The molecule has 14 heavy (non-hydrogen) atoms. The fourth-order valence-electron chi connectivity index (χ4n) is 2.30. The number of hydrogen-bond donors (Lipinski definition) is 0. The molecule has 0 atom stereocenters. The van der Waals surface area contributed by atoms with E-state index in [0.29, 0.717) is 5.92 Å². The summed E-state index contributed by atoms with van der Waals surface area (Å²) in [5, 5.41) is 0. The minimum absolute atomic E-state index is 0.0294. The van der Waals surface area contributed by atoms with Gasteiger partial charge in [0.1, 0.15) is 0 Å². The molecule has 0 nitrogen and oxygen atoms in total. The van der Waals surface area contributed by atoms with E-state index in [9.17, 15) is 8.78 Å². The molecule has 1 aliphatic carbocycles. The van der Waals surface area contributed by atoms with Crippen LogP contribution in [0.15, 0.2) is 0 Å². The Bertz CT molecular complexity index is 190. The van der Waals surface area contributed by atoms with E-state index in [2.05, 4.69) is 13.8 Å². The highest BCUT2D eigenvalue weighted by Crippen LogP contribution is 2.58. The van der Waals surface area contributed by atoms with E-state index >= 15 is 0 Å². The summed E-state index contributed by atoms with van der Waals surface area (Å²) < 4.78 is 27.1. The second-order valence-electron chi connectivity index (χ2n) is 5.65. The van der Waals surface area contributed by atoms with Crippen LogP contribution in [-0.2, 0) is 0 Å². The van der Waals surface area contributed by atoms with Crippen molar-refractivity contribution in [1.29, 1.82) is 0 Å². The molecule has 1 saturated carbocycles. The molecule has 0 N–H and O–H groups in total. The summed E-state index contributed by atoms with van der Waals surface area (Å²) in [5.41, 5.74) is -0.0294. The lowest BCUT2D eigenvalue weighted by atomic mass is 9.84. The molecule has 0 amide bonds. The zero-order valence-corrected chi connectivity index (χ0v) is 9.74. The molecule has 1 aliphatic rings. The molecular formula is C12H22F2. The maximum Gasteiger partial charge on any atom is 0.248 e. The van der Waals surface area contributed by atoms with Gasteiger partial charge in [-0.25, -0.2) is 8.78 Å². The van der Waals surface area contributed by atoms with Gasteiger partial charge in [-0.05, 0) is 30.1 Å². The SMILES string of the molecule is CC(C)CC(F)(F)CC1(C(C)C)CC1. The van der Waals surface area contributed by atoms with Crippen molar-refractivity contribution in [2.24, 2.45) is 17.3 Å². The maximum absolute atomic E-state index is 13.6. The predicted molar refractivity (Wildman–Crippen MR) is 55.5 cm³/mol. The van der Waals surface area contributed by atoms with Crippen LogP contribution in [0.4, 0.5) is 8.78 Å². The summed E-state index contributed by atoms with van der Waals surface area (Å²) >= 11 is 0. The van der Waals surface area contributed by atoms with E-state index in [1.807, 2.05) is 13.8 Å². The predicted octanol–water partition coefficient (Wildman–Crippen LogP) is 4.49. The van der Waals surface area contributed by atoms with Gasteiger partial charge in [0.15, 0.2) is 0 Å². The van der Waals surface area contributed by atoms with Crippen LogP contribution in [0.3, 0.4) is 0 Å². The molecule has 0 saturated heterocycles. The average Bonchev–Trinajstić information content (AvgIpc) is 2.64. The van der Waals surface area contributed by atoms with Crippen molar-refractivity contribution in [3.63, 3.8) is 0 Å². The third-order valence-corrected chi connectivity index (χ3v) is 3.43. The summed E-state index contributed by atoms with van der Waals surface area (Å²) in [4.78, 5) is 0. The van der Waals surface area contributed by atoms with E-state index in [4.69, 9.17) is 0 Å². The Morgan fingerprint density at radius 1 is 1.14 bits per heavy atom. The summed E-state index contributed by atoms with van der Waals surface area (Å²) in [6.07, 6.45) is 2.15. The van der Waals surface area contributed by atoms with E-state index in [-0.39, 0.29) is 24.2 Å². The second kappa shape index (κ2) is 3.79. The lowest BCUT2D eigenvalue weighted by Crippen LogP contribution is -2.26. The van der Waals surface area contributed by atoms with Crippen molar-refractivity contribution in [3.05, 3.63) is 0 Å². The van der Waals surface area contributed by atoms with Gasteiger partial charge in [-0.15, -0.1) is 0 Å². The smallest absolute Gasteiger partial charge is 0.207 e. The largest absolute Gasteiger partial charge is 0.248 e. The summed E-state index contributed by atoms with van der Waals surface area (Å²) in [7, 11) is 0. The molecule has 0 aromatic carbocycles. The highest BCUT2D eigenvalue weighted by atomic mass is 19.3. The van der Waals surface area contributed by atoms with Crippen LogP contribution in [0.1, 0.15) is 53.4 Å². The molecule has 84 valence electrons. The van der Waals surface area contributed by atoms with Gasteiger partial charge in [0.2, 0.25) is 5.92 Å². The van der Waals surface area contributed by atoms with E-state index in [1.165, 1.54) is 0 Å². The lowest BCUT2D eigenvalue weighted by molar-refractivity contribution is -0.0512. The summed E-state index contributed by atoms with van der Waals surface area (Å²) in [6.45, 7) is 7.86. The van der Waals surface area contributed by atoms with Gasteiger partial charge >= 0.3 is 0 Å². The van der Waals surface area contributed by atoms with Crippen molar-refractivity contribution in [2.75, 3.05) is 0 Å². The van der Waals surface area contributed by atoms with E-state index < -0.39 is 5.92 Å². The average molecular weight is 204 g/mol. The van der Waals surface area contributed by atoms with Crippen LogP contribution in [-0.4, -0.2) is 5.92 Å². The van der Waals surface area contributed by atoms with Crippen LogP contribution in [0.25, 0.3) is 0 Å². The third kappa shape index (κ3) is 2.93. The molecule has 2 heteroatoms. The first kappa shape index (κ1) is 11.9. The monoisotopic (exact) mass is 204 g/mol. The number of hydrogen-bond acceptors (Lipinski definition) is 0. The van der Waals surface area contributed by atoms with Crippen molar-refractivity contribution in [3.8, 4) is 0 Å². The molecule has 1 fully saturated rings. The third-order valence-electron chi connectivity index (χ3n) is 3.43. The van der Waals surface area contributed by atoms with Crippen LogP contribution in [0.2, 0.25) is 0 Å². The van der Waals surface area contributed by atoms with Gasteiger partial charge in [-0.2, -0.15) is 0 Å². The number of rotatable bonds is 5. The molecule has 0 aliphatic heterocycles. The number of halogens is 2. The van der Waals surface area contributed by atoms with Crippen LogP contribution in [0, 0.1) is 17.3 Å². The molecule has 0 heterocycles. The van der Waals surface area contributed by atoms with Crippen LogP contribution >= 0.6 is 0 Å². The van der Waals surface area contributed by atoms with E-state index in [1.54, 1.807) is 0 Å². The standard InChI is InChI=1S/C12H22F2/c1-9(2)7-12(13,14)8-11(5-6-11)10(3)4/h9-10H,5-8H2,1-4H3. The quantitative estimate of drug-likeness (QED) is 0.618. The second-order valence-corrected chi connectivity index (χ2v) is 5.65. The Kier molecular flexibility index (Phi) is 3.23. The van der Waals surface area contributed by atoms with Crippen molar-refractivity contribution in [2.45, 2.75) is 59.3 Å². The molecule has 0 aromatic rings. The molecule has 0 spiro atoms. The van der Waals surface area contributed by atoms with Crippen LogP contribution in [0.5, 0.6) is 0 Å². The Morgan fingerprint density at radius 2 is 1.64 bits per heavy atom. The molecule has 0 aromatic heterocycles. The Hall–Kier alpha value is -0.140. The van der Waals surface area contributed by atoms with Crippen molar-refractivity contribution < 1.29 is 8.78 Å². The van der Waals surface area contributed by atoms with Gasteiger partial charge < -0.3 is 0 Å². The van der Waals surface area contributed by atoms with Gasteiger partial charge in [-0.1, -0.05) is 27.7 Å². The Labute approximate surface area is 86.1 Å². The fourth-order valence-corrected chi connectivity index (χ4v) is 2.30. The zero-order valence-electron chi connectivity index (χ0n) is 9.74. The number of alkyl halides is 2. The molecule has 0 radical (unpaired) electrons. The van der Waals surface area contributed by atoms with Gasteiger partial charge in [-0.3, -0.25) is 0 Å². The minimum atomic E-state index is -2.45. The zero-order chi connectivity index (χ0) is 11.0. The Balaban J connectivity index is 2.50. The van der Waals surface area contributed by atoms with Gasteiger partial charge in [0, 0.05) is 12.8 Å². The summed E-state index contributed by atoms with van der Waals surface area (Å²) in [6, 6.07) is 0. The minimum Gasteiger partial charge on any atom is -0.207 e. The molecule has 0 bridgehead atoms. The maximum atomic E-state index is 13.6. The fraction of sp³-hybridized carbons (Fsp3) is 1.00. The first-order chi connectivity index (χ1) is 6.27. The highest BCUT2D eigenvalue weighted by Gasteiger charge is 2.51. The molecule has 0 unspecified atom stereocenters. The summed E-state index contributed by atoms with van der Waals surface area (Å²) in [5.74, 6) is -1.96. The van der Waals surface area contributed by atoms with Crippen LogP contribution < -0.4 is 0 Å². The van der Waals surface area contributed by atoms with Crippen molar-refractivity contribution in [1.82, 2.24) is 0 Å². The Morgan fingerprint density at radius 3 is 1.93 bits per heavy atom. The first-order valence-corrected chi connectivity index (χ1v) is 5.65. The topological polar surface area (TPSA) is 0 Å². The molecule has 1 rings (SSSR count). The normalized spacial score (nSPS) is 20.6.